The number of nitrogens with zero attached hydrogens (tertiary/aromatic N) is 2. The second kappa shape index (κ2) is 6.85. The summed E-state index contributed by atoms with van der Waals surface area (Å²) in [6.45, 7) is 1.51. The van der Waals surface area contributed by atoms with Gasteiger partial charge in [-0.15, -0.1) is 0 Å². The van der Waals surface area contributed by atoms with Gasteiger partial charge in [-0.3, -0.25) is 19.7 Å². The van der Waals surface area contributed by atoms with Crippen LogP contribution in [0.15, 0.2) is 18.2 Å². The Kier molecular flexibility index (Phi) is 5.45. The molecule has 20 heavy (non-hydrogen) atoms. The van der Waals surface area contributed by atoms with E-state index in [1.54, 1.807) is 6.92 Å². The standard InChI is InChI=1S/C12H13ClN2O5/c1-3-20-10(16)7-14(2)12(17)11-8(13)5-4-6-9(11)15(18)19/h4-6H,3,7H2,1-2H3. The number of carbonyl (C=O) groups is 2. The average molecular weight is 301 g/mol. The lowest BCUT2D eigenvalue weighted by molar-refractivity contribution is -0.385. The lowest BCUT2D eigenvalue weighted by atomic mass is 10.1. The first-order valence-corrected chi connectivity index (χ1v) is 6.10. The van der Waals surface area contributed by atoms with E-state index in [4.69, 9.17) is 16.3 Å². The Bertz CT molecular complexity index is 547. The molecule has 0 aliphatic rings. The number of hydrogen-bond donors (Lipinski definition) is 0. The highest BCUT2D eigenvalue weighted by Gasteiger charge is 2.26. The zero-order valence-electron chi connectivity index (χ0n) is 11.0. The number of benzene rings is 1. The Morgan fingerprint density at radius 1 is 1.45 bits per heavy atom. The van der Waals surface area contributed by atoms with Gasteiger partial charge in [-0.1, -0.05) is 17.7 Å². The highest BCUT2D eigenvalue weighted by atomic mass is 35.5. The molecule has 0 radical (unpaired) electrons. The van der Waals surface area contributed by atoms with E-state index >= 15 is 0 Å². The zero-order valence-corrected chi connectivity index (χ0v) is 11.7. The van der Waals surface area contributed by atoms with Crippen molar-refractivity contribution in [3.63, 3.8) is 0 Å². The number of hydrogen-bond acceptors (Lipinski definition) is 5. The molecule has 0 unspecified atom stereocenters. The van der Waals surface area contributed by atoms with Crippen molar-refractivity contribution in [1.29, 1.82) is 0 Å². The molecule has 1 aromatic carbocycles. The zero-order chi connectivity index (χ0) is 15.3. The number of rotatable bonds is 5. The molecule has 108 valence electrons. The van der Waals surface area contributed by atoms with Gasteiger partial charge >= 0.3 is 5.97 Å². The topological polar surface area (TPSA) is 89.8 Å². The largest absolute Gasteiger partial charge is 0.465 e. The van der Waals surface area contributed by atoms with Crippen LogP contribution >= 0.6 is 11.6 Å². The van der Waals surface area contributed by atoms with Gasteiger partial charge in [-0.2, -0.15) is 0 Å². The van der Waals surface area contributed by atoms with Crippen LogP contribution in [0.1, 0.15) is 17.3 Å². The molecule has 1 amide bonds. The maximum Gasteiger partial charge on any atom is 0.325 e. The van der Waals surface area contributed by atoms with Crippen LogP contribution in [0.5, 0.6) is 0 Å². The minimum Gasteiger partial charge on any atom is -0.465 e. The molecule has 1 aromatic rings. The van der Waals surface area contributed by atoms with E-state index in [9.17, 15) is 19.7 Å². The predicted octanol–water partition coefficient (Wildman–Crippen LogP) is 1.88. The minimum atomic E-state index is -0.713. The van der Waals surface area contributed by atoms with Gasteiger partial charge in [0.05, 0.1) is 16.6 Å². The number of amides is 1. The van der Waals surface area contributed by atoms with Gasteiger partial charge in [-0.05, 0) is 13.0 Å². The Morgan fingerprint density at radius 3 is 2.65 bits per heavy atom. The summed E-state index contributed by atoms with van der Waals surface area (Å²) in [6.07, 6.45) is 0. The number of ether oxygens (including phenoxy) is 1. The summed E-state index contributed by atoms with van der Waals surface area (Å²) in [5, 5.41) is 10.9. The number of halogens is 1. The first-order valence-electron chi connectivity index (χ1n) is 5.72. The quantitative estimate of drug-likeness (QED) is 0.470. The predicted molar refractivity (Wildman–Crippen MR) is 71.7 cm³/mol. The summed E-state index contributed by atoms with van der Waals surface area (Å²) in [6, 6.07) is 3.93. The summed E-state index contributed by atoms with van der Waals surface area (Å²) in [4.78, 5) is 34.7. The van der Waals surface area contributed by atoms with Crippen LogP contribution in [0.3, 0.4) is 0 Å². The molecule has 0 saturated carbocycles. The lowest BCUT2D eigenvalue weighted by Gasteiger charge is -2.16. The van der Waals surface area contributed by atoms with Crippen LogP contribution in [0.2, 0.25) is 5.02 Å². The summed E-state index contributed by atoms with van der Waals surface area (Å²) < 4.78 is 4.71. The Labute approximate surface area is 120 Å². The number of nitro benzene ring substituents is 1. The molecule has 0 aliphatic carbocycles. The summed E-state index contributed by atoms with van der Waals surface area (Å²) >= 11 is 5.84. The highest BCUT2D eigenvalue weighted by Crippen LogP contribution is 2.27. The van der Waals surface area contributed by atoms with Crippen molar-refractivity contribution < 1.29 is 19.2 Å². The molecular weight excluding hydrogens is 288 g/mol. The fourth-order valence-electron chi connectivity index (χ4n) is 1.54. The Morgan fingerprint density at radius 2 is 2.10 bits per heavy atom. The van der Waals surface area contributed by atoms with E-state index in [2.05, 4.69) is 0 Å². The molecule has 0 fully saturated rings. The molecule has 0 spiro atoms. The molecule has 0 N–H and O–H groups in total. The van der Waals surface area contributed by atoms with E-state index in [-0.39, 0.29) is 23.7 Å². The van der Waals surface area contributed by atoms with E-state index in [0.29, 0.717) is 0 Å². The summed E-state index contributed by atoms with van der Waals surface area (Å²) in [5.41, 5.74) is -0.649. The third-order valence-electron chi connectivity index (χ3n) is 2.42. The minimum absolute atomic E-state index is 0.0418. The number of esters is 1. The van der Waals surface area contributed by atoms with Gasteiger partial charge in [0.15, 0.2) is 0 Å². The van der Waals surface area contributed by atoms with Crippen LogP contribution in [0.25, 0.3) is 0 Å². The van der Waals surface area contributed by atoms with E-state index in [1.165, 1.54) is 25.2 Å². The molecule has 7 nitrogen and oxygen atoms in total. The Hall–Kier alpha value is -2.15. The Balaban J connectivity index is 3.03. The van der Waals surface area contributed by atoms with E-state index in [1.807, 2.05) is 0 Å². The fraction of sp³-hybridized carbons (Fsp3) is 0.333. The van der Waals surface area contributed by atoms with Crippen LogP contribution in [-0.2, 0) is 9.53 Å². The van der Waals surface area contributed by atoms with E-state index in [0.717, 1.165) is 4.90 Å². The summed E-state index contributed by atoms with van der Waals surface area (Å²) in [7, 11) is 1.34. The SMILES string of the molecule is CCOC(=O)CN(C)C(=O)c1c(Cl)cccc1[N+](=O)[O-]. The smallest absolute Gasteiger partial charge is 0.325 e. The highest BCUT2D eigenvalue weighted by molar-refractivity contribution is 6.34. The summed E-state index contributed by atoms with van der Waals surface area (Å²) in [5.74, 6) is -1.31. The van der Waals surface area contributed by atoms with Gasteiger partial charge in [-0.25, -0.2) is 0 Å². The molecular formula is C12H13ClN2O5. The van der Waals surface area contributed by atoms with Crippen molar-refractivity contribution in [1.82, 2.24) is 4.90 Å². The maximum absolute atomic E-state index is 12.2. The van der Waals surface area contributed by atoms with E-state index < -0.39 is 22.5 Å². The van der Waals surface area contributed by atoms with Crippen molar-refractivity contribution in [2.75, 3.05) is 20.2 Å². The van der Waals surface area contributed by atoms with Crippen molar-refractivity contribution in [3.05, 3.63) is 38.9 Å². The second-order valence-electron chi connectivity index (χ2n) is 3.86. The molecule has 0 heterocycles. The molecule has 1 rings (SSSR count). The fourth-order valence-corrected chi connectivity index (χ4v) is 1.79. The first kappa shape index (κ1) is 15.9. The van der Waals surface area contributed by atoms with Crippen molar-refractivity contribution in [2.24, 2.45) is 0 Å². The van der Waals surface area contributed by atoms with Crippen LogP contribution in [-0.4, -0.2) is 41.9 Å². The van der Waals surface area contributed by atoms with Crippen LogP contribution in [0.4, 0.5) is 5.69 Å². The lowest BCUT2D eigenvalue weighted by Crippen LogP contribution is -2.33. The van der Waals surface area contributed by atoms with Crippen LogP contribution in [0, 0.1) is 10.1 Å². The number of likely N-dealkylation sites (N-methyl/N-ethyl adjacent to an activating group) is 1. The van der Waals surface area contributed by atoms with Gasteiger partial charge in [0, 0.05) is 13.1 Å². The first-order chi connectivity index (χ1) is 9.38. The molecule has 0 aromatic heterocycles. The molecule has 8 heteroatoms. The van der Waals surface area contributed by atoms with Gasteiger partial charge in [0.25, 0.3) is 11.6 Å². The van der Waals surface area contributed by atoms with Gasteiger partial charge in [0.2, 0.25) is 0 Å². The third kappa shape index (κ3) is 3.67. The molecule has 0 saturated heterocycles. The van der Waals surface area contributed by atoms with Gasteiger partial charge in [0.1, 0.15) is 12.1 Å². The number of carbonyl (C=O) groups excluding carboxylic acids is 2. The average Bonchev–Trinajstić information content (AvgIpc) is 2.37. The molecule has 0 atom stereocenters. The normalized spacial score (nSPS) is 9.95. The maximum atomic E-state index is 12.2. The van der Waals surface area contributed by atoms with Crippen molar-refractivity contribution in [2.45, 2.75) is 6.92 Å². The van der Waals surface area contributed by atoms with Gasteiger partial charge < -0.3 is 9.64 Å². The monoisotopic (exact) mass is 300 g/mol. The van der Waals surface area contributed by atoms with Crippen molar-refractivity contribution >= 4 is 29.2 Å². The number of nitro groups is 1. The molecule has 0 bridgehead atoms. The second-order valence-corrected chi connectivity index (χ2v) is 4.26. The van der Waals surface area contributed by atoms with Crippen LogP contribution < -0.4 is 0 Å². The molecule has 0 aliphatic heterocycles. The third-order valence-corrected chi connectivity index (χ3v) is 2.74. The van der Waals surface area contributed by atoms with Crippen molar-refractivity contribution in [3.8, 4) is 0 Å².